The van der Waals surface area contributed by atoms with Crippen molar-refractivity contribution in [1.82, 2.24) is 4.98 Å². The summed E-state index contributed by atoms with van der Waals surface area (Å²) in [6.07, 6.45) is 4.77. The molecule has 1 aliphatic rings. The first-order valence-corrected chi connectivity index (χ1v) is 3.10. The molecule has 1 heterocycles. The first-order valence-electron chi connectivity index (χ1n) is 3.10. The second-order valence-corrected chi connectivity index (χ2v) is 2.40. The number of rotatable bonds is 1. The molecule has 0 radical (unpaired) electrons. The van der Waals surface area contributed by atoms with E-state index in [-0.39, 0.29) is 0 Å². The second kappa shape index (κ2) is 1.38. The second-order valence-electron chi connectivity index (χ2n) is 2.40. The largest absolute Gasteiger partial charge is 0.365 e. The lowest BCUT2D eigenvalue weighted by atomic mass is 10.3. The standard InChI is InChI=1S/C7H9N/c1-2-7(8-5-1)6-3-4-6/h1-2,5-6,8H,3-4H2. The lowest BCUT2D eigenvalue weighted by molar-refractivity contribution is 1.05. The molecule has 1 heteroatoms. The Balaban J connectivity index is 2.28. The molecular formula is C7H9N. The van der Waals surface area contributed by atoms with Gasteiger partial charge in [-0.15, -0.1) is 0 Å². The van der Waals surface area contributed by atoms with Crippen molar-refractivity contribution < 1.29 is 0 Å². The maximum atomic E-state index is 3.20. The van der Waals surface area contributed by atoms with Gasteiger partial charge in [-0.25, -0.2) is 0 Å². The van der Waals surface area contributed by atoms with Gasteiger partial charge in [0.15, 0.2) is 0 Å². The van der Waals surface area contributed by atoms with Crippen molar-refractivity contribution in [3.8, 4) is 0 Å². The van der Waals surface area contributed by atoms with Crippen LogP contribution in [0.25, 0.3) is 0 Å². The van der Waals surface area contributed by atoms with Crippen molar-refractivity contribution in [1.29, 1.82) is 0 Å². The Bertz CT molecular complexity index is 161. The Labute approximate surface area is 48.7 Å². The summed E-state index contributed by atoms with van der Waals surface area (Å²) in [7, 11) is 0. The molecule has 1 aliphatic carbocycles. The Hall–Kier alpha value is -0.720. The number of H-pyrrole nitrogens is 1. The lowest BCUT2D eigenvalue weighted by Crippen LogP contribution is -1.73. The first-order chi connectivity index (χ1) is 3.97. The minimum Gasteiger partial charge on any atom is -0.365 e. The minimum atomic E-state index is 0.880. The van der Waals surface area contributed by atoms with E-state index in [9.17, 15) is 0 Å². The van der Waals surface area contributed by atoms with Crippen molar-refractivity contribution in [2.75, 3.05) is 0 Å². The topological polar surface area (TPSA) is 15.8 Å². The van der Waals surface area contributed by atoms with Crippen molar-refractivity contribution in [3.63, 3.8) is 0 Å². The molecule has 1 N–H and O–H groups in total. The van der Waals surface area contributed by atoms with E-state index in [1.54, 1.807) is 0 Å². The summed E-state index contributed by atoms with van der Waals surface area (Å²) in [6.45, 7) is 0. The molecule has 1 aromatic rings. The highest BCUT2D eigenvalue weighted by molar-refractivity contribution is 5.14. The quantitative estimate of drug-likeness (QED) is 0.564. The van der Waals surface area contributed by atoms with Crippen molar-refractivity contribution >= 4 is 0 Å². The molecule has 0 unspecified atom stereocenters. The molecule has 1 saturated carbocycles. The van der Waals surface area contributed by atoms with Gasteiger partial charge in [-0.3, -0.25) is 0 Å². The predicted molar refractivity (Wildman–Crippen MR) is 32.8 cm³/mol. The van der Waals surface area contributed by atoms with Crippen molar-refractivity contribution in [2.45, 2.75) is 18.8 Å². The zero-order valence-electron chi connectivity index (χ0n) is 4.72. The monoisotopic (exact) mass is 107 g/mol. The fourth-order valence-corrected chi connectivity index (χ4v) is 0.993. The molecule has 42 valence electrons. The van der Waals surface area contributed by atoms with Crippen LogP contribution in [-0.2, 0) is 0 Å². The SMILES string of the molecule is c1c[nH]c(C2CC2)c1. The molecule has 1 nitrogen and oxygen atoms in total. The molecule has 2 rings (SSSR count). The first kappa shape index (κ1) is 4.19. The Morgan fingerprint density at radius 2 is 2.38 bits per heavy atom. The van der Waals surface area contributed by atoms with E-state index in [1.165, 1.54) is 18.5 Å². The summed E-state index contributed by atoms with van der Waals surface area (Å²) in [4.78, 5) is 3.20. The smallest absolute Gasteiger partial charge is 0.0178 e. The van der Waals surface area contributed by atoms with Gasteiger partial charge in [0, 0.05) is 11.9 Å². The van der Waals surface area contributed by atoms with Crippen LogP contribution < -0.4 is 0 Å². The summed E-state index contributed by atoms with van der Waals surface area (Å²) in [5, 5.41) is 0. The van der Waals surface area contributed by atoms with Gasteiger partial charge in [0.1, 0.15) is 0 Å². The van der Waals surface area contributed by atoms with Crippen LogP contribution in [0.1, 0.15) is 24.5 Å². The molecule has 1 aromatic heterocycles. The van der Waals surface area contributed by atoms with Gasteiger partial charge >= 0.3 is 0 Å². The van der Waals surface area contributed by atoms with Crippen molar-refractivity contribution in [3.05, 3.63) is 24.0 Å². The van der Waals surface area contributed by atoms with Crippen LogP contribution in [0.5, 0.6) is 0 Å². The van der Waals surface area contributed by atoms with E-state index < -0.39 is 0 Å². The van der Waals surface area contributed by atoms with Crippen LogP contribution in [0.4, 0.5) is 0 Å². The van der Waals surface area contributed by atoms with E-state index in [2.05, 4.69) is 17.1 Å². The molecule has 1 fully saturated rings. The number of hydrogen-bond donors (Lipinski definition) is 1. The number of aromatic amines is 1. The fraction of sp³-hybridized carbons (Fsp3) is 0.429. The van der Waals surface area contributed by atoms with E-state index in [1.807, 2.05) is 6.20 Å². The van der Waals surface area contributed by atoms with Crippen LogP contribution in [0.15, 0.2) is 18.3 Å². The molecule has 0 atom stereocenters. The maximum absolute atomic E-state index is 3.20. The molecule has 0 amide bonds. The third-order valence-electron chi connectivity index (χ3n) is 1.64. The van der Waals surface area contributed by atoms with Gasteiger partial charge in [0.05, 0.1) is 0 Å². The zero-order chi connectivity index (χ0) is 5.40. The van der Waals surface area contributed by atoms with E-state index in [4.69, 9.17) is 0 Å². The molecule has 8 heavy (non-hydrogen) atoms. The normalized spacial score (nSPS) is 19.0. The van der Waals surface area contributed by atoms with Crippen LogP contribution in [-0.4, -0.2) is 4.98 Å². The molecule has 0 spiro atoms. The minimum absolute atomic E-state index is 0.880. The summed E-state index contributed by atoms with van der Waals surface area (Å²) in [6, 6.07) is 4.23. The van der Waals surface area contributed by atoms with Crippen molar-refractivity contribution in [2.24, 2.45) is 0 Å². The van der Waals surface area contributed by atoms with Crippen LogP contribution >= 0.6 is 0 Å². The molecule has 0 bridgehead atoms. The number of aromatic nitrogens is 1. The van der Waals surface area contributed by atoms with E-state index in [0.717, 1.165) is 5.92 Å². The van der Waals surface area contributed by atoms with Gasteiger partial charge in [-0.05, 0) is 30.9 Å². The molecular weight excluding hydrogens is 98.1 g/mol. The van der Waals surface area contributed by atoms with E-state index >= 15 is 0 Å². The highest BCUT2D eigenvalue weighted by atomic mass is 14.7. The Kier molecular flexibility index (Phi) is 0.720. The van der Waals surface area contributed by atoms with Gasteiger partial charge < -0.3 is 4.98 Å². The fourth-order valence-electron chi connectivity index (χ4n) is 0.993. The summed E-state index contributed by atoms with van der Waals surface area (Å²) >= 11 is 0. The molecule has 0 saturated heterocycles. The highest BCUT2D eigenvalue weighted by Gasteiger charge is 2.23. The summed E-state index contributed by atoms with van der Waals surface area (Å²) in [5.41, 5.74) is 1.42. The highest BCUT2D eigenvalue weighted by Crippen LogP contribution is 2.38. The van der Waals surface area contributed by atoms with Gasteiger partial charge in [0.2, 0.25) is 0 Å². The molecule has 0 aromatic carbocycles. The summed E-state index contributed by atoms with van der Waals surface area (Å²) < 4.78 is 0. The van der Waals surface area contributed by atoms with E-state index in [0.29, 0.717) is 0 Å². The molecule has 0 aliphatic heterocycles. The van der Waals surface area contributed by atoms with Gasteiger partial charge in [-0.1, -0.05) is 0 Å². The Morgan fingerprint density at radius 1 is 1.50 bits per heavy atom. The average Bonchev–Trinajstić information content (AvgIpc) is 2.49. The van der Waals surface area contributed by atoms with Gasteiger partial charge in [0.25, 0.3) is 0 Å². The number of hydrogen-bond acceptors (Lipinski definition) is 0. The third kappa shape index (κ3) is 0.548. The van der Waals surface area contributed by atoms with Crippen LogP contribution in [0, 0.1) is 0 Å². The van der Waals surface area contributed by atoms with Crippen LogP contribution in [0.2, 0.25) is 0 Å². The van der Waals surface area contributed by atoms with Crippen LogP contribution in [0.3, 0.4) is 0 Å². The van der Waals surface area contributed by atoms with Gasteiger partial charge in [-0.2, -0.15) is 0 Å². The summed E-state index contributed by atoms with van der Waals surface area (Å²) in [5.74, 6) is 0.880. The predicted octanol–water partition coefficient (Wildman–Crippen LogP) is 1.89. The maximum Gasteiger partial charge on any atom is 0.0178 e. The third-order valence-corrected chi connectivity index (χ3v) is 1.64. The average molecular weight is 107 g/mol. The Morgan fingerprint density at radius 3 is 2.88 bits per heavy atom. The zero-order valence-corrected chi connectivity index (χ0v) is 4.72. The number of nitrogens with one attached hydrogen (secondary N) is 1. The lowest BCUT2D eigenvalue weighted by Gasteiger charge is -1.84.